The first-order valence-electron chi connectivity index (χ1n) is 5.38. The fraction of sp³-hybridized carbons (Fsp3) is 0.250. The Labute approximate surface area is 102 Å². The Balaban J connectivity index is 2.09. The molecule has 1 N–H and O–H groups in total. The summed E-state index contributed by atoms with van der Waals surface area (Å²) in [4.78, 5) is 19.8. The smallest absolute Gasteiger partial charge is 0.337 e. The molecule has 2 aromatic heterocycles. The molecule has 0 radical (unpaired) electrons. The molecule has 0 bridgehead atoms. The van der Waals surface area contributed by atoms with E-state index in [0.717, 1.165) is 24.2 Å². The van der Waals surface area contributed by atoms with E-state index in [-0.39, 0.29) is 0 Å². The standard InChI is InChI=1S/C12H10N2O2S/c15-12(16)8-3-4-9(10-5-17-6-13-10)14-11(8)7-1-2-7/h3-7H,1-2H2,(H,15,16). The molecular formula is C12H10N2O2S. The third-order valence-corrected chi connectivity index (χ3v) is 3.40. The molecule has 1 aliphatic rings. The van der Waals surface area contributed by atoms with Crippen molar-refractivity contribution in [2.75, 3.05) is 0 Å². The number of carboxylic acid groups (broad SMARTS) is 1. The Morgan fingerprint density at radius 3 is 2.76 bits per heavy atom. The van der Waals surface area contributed by atoms with E-state index >= 15 is 0 Å². The second-order valence-corrected chi connectivity index (χ2v) is 4.80. The van der Waals surface area contributed by atoms with Crippen molar-refractivity contribution in [2.24, 2.45) is 0 Å². The first-order valence-corrected chi connectivity index (χ1v) is 6.33. The van der Waals surface area contributed by atoms with Gasteiger partial charge < -0.3 is 5.11 Å². The largest absolute Gasteiger partial charge is 0.478 e. The summed E-state index contributed by atoms with van der Waals surface area (Å²) in [6.07, 6.45) is 2.07. The third-order valence-electron chi connectivity index (χ3n) is 2.81. The van der Waals surface area contributed by atoms with Crippen molar-refractivity contribution in [3.05, 3.63) is 34.3 Å². The Morgan fingerprint density at radius 1 is 1.35 bits per heavy atom. The fourth-order valence-corrected chi connectivity index (χ4v) is 2.35. The van der Waals surface area contributed by atoms with E-state index in [1.54, 1.807) is 17.6 Å². The van der Waals surface area contributed by atoms with E-state index in [1.807, 2.05) is 5.38 Å². The van der Waals surface area contributed by atoms with Crippen LogP contribution in [0.4, 0.5) is 0 Å². The summed E-state index contributed by atoms with van der Waals surface area (Å²) in [6.45, 7) is 0. The summed E-state index contributed by atoms with van der Waals surface area (Å²) in [6, 6.07) is 3.36. The van der Waals surface area contributed by atoms with Crippen molar-refractivity contribution >= 4 is 17.3 Å². The Kier molecular flexibility index (Phi) is 2.40. The fourth-order valence-electron chi connectivity index (χ4n) is 1.81. The number of aromatic carboxylic acids is 1. The molecule has 0 aromatic carbocycles. The van der Waals surface area contributed by atoms with E-state index in [9.17, 15) is 4.79 Å². The molecule has 0 atom stereocenters. The summed E-state index contributed by atoms with van der Waals surface area (Å²) in [5.41, 5.74) is 4.36. The van der Waals surface area contributed by atoms with Gasteiger partial charge in [-0.25, -0.2) is 14.8 Å². The van der Waals surface area contributed by atoms with Crippen LogP contribution in [0.1, 0.15) is 34.8 Å². The number of rotatable bonds is 3. The molecule has 1 aliphatic carbocycles. The van der Waals surface area contributed by atoms with Crippen molar-refractivity contribution in [3.63, 3.8) is 0 Å². The highest BCUT2D eigenvalue weighted by atomic mass is 32.1. The van der Waals surface area contributed by atoms with E-state index in [0.29, 0.717) is 17.2 Å². The summed E-state index contributed by atoms with van der Waals surface area (Å²) in [5.74, 6) is -0.580. The number of thiazole rings is 1. The first kappa shape index (κ1) is 10.4. The van der Waals surface area contributed by atoms with Gasteiger partial charge >= 0.3 is 5.97 Å². The lowest BCUT2D eigenvalue weighted by atomic mass is 10.1. The van der Waals surface area contributed by atoms with Crippen LogP contribution >= 0.6 is 11.3 Å². The molecule has 4 nitrogen and oxygen atoms in total. The predicted molar refractivity (Wildman–Crippen MR) is 64.3 cm³/mol. The van der Waals surface area contributed by atoms with Crippen LogP contribution in [0.3, 0.4) is 0 Å². The van der Waals surface area contributed by atoms with Gasteiger partial charge in [0.2, 0.25) is 0 Å². The van der Waals surface area contributed by atoms with Gasteiger partial charge in [-0.15, -0.1) is 11.3 Å². The van der Waals surface area contributed by atoms with Gasteiger partial charge in [0.25, 0.3) is 0 Å². The molecule has 2 heterocycles. The van der Waals surface area contributed by atoms with Gasteiger partial charge in [0.05, 0.1) is 28.2 Å². The predicted octanol–water partition coefficient (Wildman–Crippen LogP) is 2.78. The second kappa shape index (κ2) is 3.92. The van der Waals surface area contributed by atoms with Gasteiger partial charge in [0, 0.05) is 11.3 Å². The number of hydrogen-bond acceptors (Lipinski definition) is 4. The lowest BCUT2D eigenvalue weighted by molar-refractivity contribution is 0.0695. The van der Waals surface area contributed by atoms with Gasteiger partial charge in [0.1, 0.15) is 0 Å². The highest BCUT2D eigenvalue weighted by Gasteiger charge is 2.30. The van der Waals surface area contributed by atoms with Crippen LogP contribution in [0.15, 0.2) is 23.0 Å². The number of pyridine rings is 1. The molecule has 0 spiro atoms. The molecule has 0 saturated heterocycles. The maximum Gasteiger partial charge on any atom is 0.337 e. The van der Waals surface area contributed by atoms with Crippen LogP contribution in [0.25, 0.3) is 11.4 Å². The molecule has 1 saturated carbocycles. The summed E-state index contributed by atoms with van der Waals surface area (Å²) >= 11 is 1.51. The van der Waals surface area contributed by atoms with Gasteiger partial charge in [-0.05, 0) is 25.0 Å². The molecule has 17 heavy (non-hydrogen) atoms. The first-order chi connectivity index (χ1) is 8.25. The maximum atomic E-state index is 11.1. The molecule has 0 amide bonds. The molecule has 0 aliphatic heterocycles. The highest BCUT2D eigenvalue weighted by Crippen LogP contribution is 2.41. The number of hydrogen-bond donors (Lipinski definition) is 1. The molecule has 1 fully saturated rings. The topological polar surface area (TPSA) is 63.1 Å². The monoisotopic (exact) mass is 246 g/mol. The molecule has 0 unspecified atom stereocenters. The van der Waals surface area contributed by atoms with Gasteiger partial charge in [0.15, 0.2) is 0 Å². The third kappa shape index (κ3) is 1.93. The van der Waals surface area contributed by atoms with Crippen LogP contribution < -0.4 is 0 Å². The molecule has 3 rings (SSSR count). The Hall–Kier alpha value is -1.75. The summed E-state index contributed by atoms with van der Waals surface area (Å²) < 4.78 is 0. The minimum atomic E-state index is -0.899. The van der Waals surface area contributed by atoms with E-state index in [2.05, 4.69) is 9.97 Å². The minimum absolute atomic E-state index is 0.319. The minimum Gasteiger partial charge on any atom is -0.478 e. The zero-order valence-corrected chi connectivity index (χ0v) is 9.78. The van der Waals surface area contributed by atoms with Crippen molar-refractivity contribution in [1.29, 1.82) is 0 Å². The van der Waals surface area contributed by atoms with E-state index in [1.165, 1.54) is 11.3 Å². The van der Waals surface area contributed by atoms with Gasteiger partial charge in [-0.1, -0.05) is 0 Å². The van der Waals surface area contributed by atoms with Gasteiger partial charge in [-0.2, -0.15) is 0 Å². The normalized spacial score (nSPS) is 14.8. The molecule has 86 valence electrons. The lowest BCUT2D eigenvalue weighted by Crippen LogP contribution is -2.04. The number of carbonyl (C=O) groups is 1. The van der Waals surface area contributed by atoms with Crippen LogP contribution in [-0.2, 0) is 0 Å². The zero-order chi connectivity index (χ0) is 11.8. The SMILES string of the molecule is O=C(O)c1ccc(-c2cscn2)nc1C1CC1. The molecule has 5 heteroatoms. The van der Waals surface area contributed by atoms with Crippen molar-refractivity contribution in [3.8, 4) is 11.4 Å². The summed E-state index contributed by atoms with van der Waals surface area (Å²) in [5, 5.41) is 11.0. The molecule has 2 aromatic rings. The Bertz CT molecular complexity index is 562. The van der Waals surface area contributed by atoms with Crippen LogP contribution in [0.5, 0.6) is 0 Å². The zero-order valence-electron chi connectivity index (χ0n) is 8.96. The summed E-state index contributed by atoms with van der Waals surface area (Å²) in [7, 11) is 0. The number of carboxylic acids is 1. The average molecular weight is 246 g/mol. The maximum absolute atomic E-state index is 11.1. The van der Waals surface area contributed by atoms with Crippen molar-refractivity contribution < 1.29 is 9.90 Å². The highest BCUT2D eigenvalue weighted by molar-refractivity contribution is 7.07. The lowest BCUT2D eigenvalue weighted by Gasteiger charge is -2.05. The van der Waals surface area contributed by atoms with E-state index < -0.39 is 5.97 Å². The van der Waals surface area contributed by atoms with Crippen molar-refractivity contribution in [2.45, 2.75) is 18.8 Å². The number of aromatic nitrogens is 2. The van der Waals surface area contributed by atoms with Crippen LogP contribution in [0, 0.1) is 0 Å². The number of nitrogens with zero attached hydrogens (tertiary/aromatic N) is 2. The van der Waals surface area contributed by atoms with E-state index in [4.69, 9.17) is 5.11 Å². The Morgan fingerprint density at radius 2 is 2.18 bits per heavy atom. The quantitative estimate of drug-likeness (QED) is 0.904. The van der Waals surface area contributed by atoms with Gasteiger partial charge in [-0.3, -0.25) is 0 Å². The average Bonchev–Trinajstić information content (AvgIpc) is 3.03. The van der Waals surface area contributed by atoms with Crippen LogP contribution in [-0.4, -0.2) is 21.0 Å². The van der Waals surface area contributed by atoms with Crippen LogP contribution in [0.2, 0.25) is 0 Å². The van der Waals surface area contributed by atoms with Crippen molar-refractivity contribution in [1.82, 2.24) is 9.97 Å². The second-order valence-electron chi connectivity index (χ2n) is 4.08. The molecular weight excluding hydrogens is 236 g/mol.